The molecule has 63 heavy (non-hydrogen) atoms. The van der Waals surface area contributed by atoms with E-state index in [2.05, 4.69) is 25.3 Å². The Morgan fingerprint density at radius 1 is 1.02 bits per heavy atom. The first-order chi connectivity index (χ1) is 29.9. The maximum atomic E-state index is 14.3. The monoisotopic (exact) mass is 904 g/mol. The molecule has 7 unspecified atom stereocenters. The SMILES string of the molecule is Cc1cn(C2CC(OC(=O)COC(=O)c3cc(O)c(O)c(O)c3)C(COP(=O)(OCCC#N)OC3CC(n4cnc5c(=O)[nH]c(NC(=O)C(C)C)nc54)OC3CO)O2)c(=O)[nH]c1=O. The summed E-state index contributed by atoms with van der Waals surface area (Å²) >= 11 is 0. The summed E-state index contributed by atoms with van der Waals surface area (Å²) in [5.41, 5.74) is -2.67. The standard InChI is InChI=1S/C36H41N8O18P/c1-16(2)31(50)40-35-39-30-28(33(52)41-35)38-15-44(30)26-10-22(23(12-45)59-26)62-63(55,57-6-4-5-37)58-13-24-21(9-25(60-24)43-11-17(3)32(51)42-36(43)54)61-27(48)14-56-34(53)18-7-19(46)29(49)20(47)8-18/h7-8,11,15-16,21-26,45-47,49H,4,6,9-10,12-14H2,1-3H3,(H,42,51,54)(H2,39,40,41,50,52). The normalized spacial score (nSPS) is 21.8. The number of fused-ring (bicyclic) bond motifs is 1. The van der Waals surface area contributed by atoms with Crippen molar-refractivity contribution in [2.45, 2.75) is 76.9 Å². The lowest BCUT2D eigenvalue weighted by molar-refractivity contribution is -0.156. The molecule has 2 fully saturated rings. The van der Waals surface area contributed by atoms with E-state index in [1.165, 1.54) is 24.0 Å². The number of aromatic hydroxyl groups is 3. The highest BCUT2D eigenvalue weighted by Gasteiger charge is 2.46. The van der Waals surface area contributed by atoms with Crippen LogP contribution in [0, 0.1) is 24.2 Å². The average molecular weight is 905 g/mol. The maximum absolute atomic E-state index is 14.3. The van der Waals surface area contributed by atoms with Gasteiger partial charge in [0.1, 0.15) is 36.9 Å². The number of rotatable bonds is 17. The first kappa shape index (κ1) is 46.1. The molecule has 2 aliphatic rings. The van der Waals surface area contributed by atoms with Crippen molar-refractivity contribution < 1.29 is 71.9 Å². The minimum absolute atomic E-state index is 0.0103. The summed E-state index contributed by atoms with van der Waals surface area (Å²) in [5, 5.41) is 51.0. The zero-order valence-electron chi connectivity index (χ0n) is 33.5. The molecular weight excluding hydrogens is 863 g/mol. The van der Waals surface area contributed by atoms with E-state index in [0.29, 0.717) is 0 Å². The lowest BCUT2D eigenvalue weighted by Crippen LogP contribution is -2.33. The molecule has 6 rings (SSSR count). The second-order valence-electron chi connectivity index (χ2n) is 14.4. The Bertz CT molecular complexity index is 2630. The Labute approximate surface area is 353 Å². The van der Waals surface area contributed by atoms with Crippen LogP contribution in [0.3, 0.4) is 0 Å². The molecule has 5 heterocycles. The molecule has 0 saturated carbocycles. The molecule has 7 atom stereocenters. The minimum Gasteiger partial charge on any atom is -0.504 e. The minimum atomic E-state index is -4.79. The molecule has 338 valence electrons. The smallest absolute Gasteiger partial charge is 0.475 e. The third kappa shape index (κ3) is 10.6. The van der Waals surface area contributed by atoms with Gasteiger partial charge in [0, 0.05) is 30.5 Å². The van der Waals surface area contributed by atoms with Gasteiger partial charge in [0.2, 0.25) is 11.9 Å². The number of ether oxygens (including phenoxy) is 4. The first-order valence-corrected chi connectivity index (χ1v) is 20.4. The quantitative estimate of drug-likeness (QED) is 0.0327. The van der Waals surface area contributed by atoms with E-state index in [1.54, 1.807) is 13.8 Å². The fourth-order valence-electron chi connectivity index (χ4n) is 6.31. The van der Waals surface area contributed by atoms with Gasteiger partial charge in [-0.05, 0) is 19.1 Å². The van der Waals surface area contributed by atoms with Crippen LogP contribution in [0.25, 0.3) is 11.2 Å². The van der Waals surface area contributed by atoms with Crippen molar-refractivity contribution in [3.8, 4) is 23.3 Å². The lowest BCUT2D eigenvalue weighted by Gasteiger charge is -2.25. The number of phenolic OH excluding ortho intramolecular Hbond substituents is 3. The molecule has 0 spiro atoms. The van der Waals surface area contributed by atoms with Gasteiger partial charge >= 0.3 is 25.5 Å². The topological polar surface area (TPSA) is 368 Å². The highest BCUT2D eigenvalue weighted by molar-refractivity contribution is 7.48. The summed E-state index contributed by atoms with van der Waals surface area (Å²) in [6, 6.07) is 3.38. The number of phosphoric ester groups is 1. The number of amides is 1. The number of aromatic amines is 2. The molecule has 2 saturated heterocycles. The third-order valence-electron chi connectivity index (χ3n) is 9.54. The molecule has 2 aliphatic heterocycles. The Balaban J connectivity index is 1.20. The van der Waals surface area contributed by atoms with Crippen LogP contribution < -0.4 is 22.1 Å². The number of aliphatic hydroxyl groups is 1. The Hall–Kier alpha value is -6.46. The number of phenols is 3. The van der Waals surface area contributed by atoms with Gasteiger partial charge < -0.3 is 39.4 Å². The van der Waals surface area contributed by atoms with Gasteiger partial charge in [-0.3, -0.25) is 52.4 Å². The van der Waals surface area contributed by atoms with Crippen molar-refractivity contribution in [1.29, 1.82) is 5.26 Å². The predicted molar refractivity (Wildman–Crippen MR) is 208 cm³/mol. The highest BCUT2D eigenvalue weighted by Crippen LogP contribution is 2.54. The van der Waals surface area contributed by atoms with E-state index in [4.69, 9.17) is 37.8 Å². The molecular formula is C36H41N8O18P. The second-order valence-corrected chi connectivity index (χ2v) is 16.0. The van der Waals surface area contributed by atoms with Crippen LogP contribution in [-0.4, -0.2) is 118 Å². The van der Waals surface area contributed by atoms with Crippen molar-refractivity contribution in [3.05, 3.63) is 67.0 Å². The van der Waals surface area contributed by atoms with Gasteiger partial charge in [0.25, 0.3) is 11.1 Å². The van der Waals surface area contributed by atoms with Crippen molar-refractivity contribution in [2.24, 2.45) is 5.92 Å². The average Bonchev–Trinajstić information content (AvgIpc) is 3.96. The van der Waals surface area contributed by atoms with Crippen molar-refractivity contribution in [3.63, 3.8) is 0 Å². The number of anilines is 1. The number of phosphoric acid groups is 1. The summed E-state index contributed by atoms with van der Waals surface area (Å²) in [4.78, 5) is 88.5. The van der Waals surface area contributed by atoms with E-state index in [1.807, 2.05) is 6.07 Å². The zero-order valence-corrected chi connectivity index (χ0v) is 34.4. The Kier molecular flexibility index (Phi) is 14.1. The molecule has 0 aliphatic carbocycles. The highest BCUT2D eigenvalue weighted by atomic mass is 31.2. The largest absolute Gasteiger partial charge is 0.504 e. The van der Waals surface area contributed by atoms with Crippen LogP contribution >= 0.6 is 7.82 Å². The second kappa shape index (κ2) is 19.3. The summed E-state index contributed by atoms with van der Waals surface area (Å²) in [6.07, 6.45) is -5.73. The molecule has 27 heteroatoms. The van der Waals surface area contributed by atoms with Crippen molar-refractivity contribution in [2.75, 3.05) is 31.7 Å². The molecule has 7 N–H and O–H groups in total. The number of aryl methyl sites for hydroxylation is 1. The number of imidazole rings is 1. The van der Waals surface area contributed by atoms with E-state index in [0.717, 1.165) is 16.7 Å². The number of benzene rings is 1. The van der Waals surface area contributed by atoms with E-state index in [-0.39, 0.29) is 41.9 Å². The van der Waals surface area contributed by atoms with Gasteiger partial charge in [0.05, 0.1) is 44.2 Å². The van der Waals surface area contributed by atoms with Gasteiger partial charge in [-0.15, -0.1) is 0 Å². The maximum Gasteiger partial charge on any atom is 0.475 e. The fraction of sp³-hybridized carbons (Fsp3) is 0.472. The summed E-state index contributed by atoms with van der Waals surface area (Å²) in [6.45, 7) is 1.77. The number of carbonyl (C=O) groups excluding carboxylic acids is 3. The third-order valence-corrected chi connectivity index (χ3v) is 11.0. The number of H-pyrrole nitrogens is 2. The number of nitriles is 1. The number of aromatic nitrogens is 6. The van der Waals surface area contributed by atoms with Gasteiger partial charge in [-0.1, -0.05) is 13.8 Å². The number of nitrogens with one attached hydrogen (secondary N) is 3. The fourth-order valence-corrected chi connectivity index (χ4v) is 7.71. The molecule has 4 aromatic rings. The van der Waals surface area contributed by atoms with Crippen LogP contribution in [0.15, 0.2) is 39.0 Å². The first-order valence-electron chi connectivity index (χ1n) is 19.0. The van der Waals surface area contributed by atoms with Crippen LogP contribution in [0.4, 0.5) is 5.95 Å². The number of nitrogens with zero attached hydrogens (tertiary/aromatic N) is 5. The summed E-state index contributed by atoms with van der Waals surface area (Å²) < 4.78 is 56.1. The van der Waals surface area contributed by atoms with E-state index < -0.39 is 135 Å². The summed E-state index contributed by atoms with van der Waals surface area (Å²) in [5.74, 6) is -5.98. The zero-order chi connectivity index (χ0) is 45.7. The van der Waals surface area contributed by atoms with Crippen LogP contribution in [0.2, 0.25) is 0 Å². The molecule has 0 bridgehead atoms. The van der Waals surface area contributed by atoms with Crippen molar-refractivity contribution in [1.82, 2.24) is 29.1 Å². The van der Waals surface area contributed by atoms with Gasteiger partial charge in [-0.2, -0.15) is 10.2 Å². The lowest BCUT2D eigenvalue weighted by atomic mass is 10.2. The van der Waals surface area contributed by atoms with Crippen LogP contribution in [0.1, 0.15) is 61.5 Å². The van der Waals surface area contributed by atoms with E-state index in [9.17, 15) is 53.8 Å². The molecule has 3 aromatic heterocycles. The predicted octanol–water partition coefficient (Wildman–Crippen LogP) is 0.466. The number of esters is 2. The van der Waals surface area contributed by atoms with Gasteiger partial charge in [-0.25, -0.2) is 23.9 Å². The number of aliphatic hydroxyl groups excluding tert-OH is 1. The molecule has 26 nitrogen and oxygen atoms in total. The Morgan fingerprint density at radius 3 is 2.38 bits per heavy atom. The van der Waals surface area contributed by atoms with Gasteiger partial charge in [0.15, 0.2) is 35.0 Å². The number of hydrogen-bond acceptors (Lipinski definition) is 21. The molecule has 1 aromatic carbocycles. The summed E-state index contributed by atoms with van der Waals surface area (Å²) in [7, 11) is -4.79. The van der Waals surface area contributed by atoms with E-state index >= 15 is 0 Å². The number of hydrogen-bond donors (Lipinski definition) is 7. The van der Waals surface area contributed by atoms with Crippen LogP contribution in [-0.2, 0) is 46.7 Å². The van der Waals surface area contributed by atoms with Crippen molar-refractivity contribution >= 4 is 42.8 Å². The molecule has 1 amide bonds. The molecule has 0 radical (unpaired) electrons. The number of carbonyl (C=O) groups is 3. The van der Waals surface area contributed by atoms with Crippen LogP contribution in [0.5, 0.6) is 17.2 Å². The Morgan fingerprint density at radius 2 is 1.70 bits per heavy atom.